The van der Waals surface area contributed by atoms with Crippen LogP contribution in [0.5, 0.6) is 0 Å². The number of carbonyl (C=O) groups is 1. The van der Waals surface area contributed by atoms with Gasteiger partial charge < -0.3 is 10.3 Å². The number of hydrogen-bond donors (Lipinski definition) is 2. The van der Waals surface area contributed by atoms with E-state index in [4.69, 9.17) is 11.6 Å². The number of carbonyl (C=O) groups excluding carboxylic acids is 1. The summed E-state index contributed by atoms with van der Waals surface area (Å²) < 4.78 is 37.9. The average molecular weight is 367 g/mol. The first-order valence-corrected chi connectivity index (χ1v) is 7.43. The summed E-state index contributed by atoms with van der Waals surface area (Å²) in [6.07, 6.45) is -3.29. The highest BCUT2D eigenvalue weighted by Gasteiger charge is 2.31. The molecule has 0 aliphatic carbocycles. The van der Waals surface area contributed by atoms with Crippen LogP contribution in [0.4, 0.5) is 18.9 Å². The van der Waals surface area contributed by atoms with Gasteiger partial charge in [-0.15, -0.1) is 0 Å². The van der Waals surface area contributed by atoms with E-state index in [1.54, 1.807) is 24.3 Å². The lowest BCUT2D eigenvalue weighted by molar-refractivity contribution is -0.137. The molecule has 0 unspecified atom stereocenters. The standard InChI is InChI=1S/C17H10ClF3N2O2/c18-12-7-9(17(19,20)21)5-6-14(12)23-16(25)11-8-22-13-4-2-1-3-10(13)15(11)24/h1-8H,(H,22,24)(H,23,25). The van der Waals surface area contributed by atoms with Crippen LogP contribution in [0.15, 0.2) is 53.5 Å². The first-order valence-electron chi connectivity index (χ1n) is 7.06. The lowest BCUT2D eigenvalue weighted by atomic mass is 10.1. The van der Waals surface area contributed by atoms with Gasteiger partial charge in [-0.1, -0.05) is 23.7 Å². The fourth-order valence-electron chi connectivity index (χ4n) is 2.32. The second kappa shape index (κ2) is 6.25. The molecule has 128 valence electrons. The average Bonchev–Trinajstić information content (AvgIpc) is 2.56. The number of halogens is 4. The van der Waals surface area contributed by atoms with Crippen LogP contribution in [0.2, 0.25) is 5.02 Å². The minimum atomic E-state index is -4.54. The van der Waals surface area contributed by atoms with E-state index in [9.17, 15) is 22.8 Å². The molecule has 1 amide bonds. The fourth-order valence-corrected chi connectivity index (χ4v) is 2.55. The van der Waals surface area contributed by atoms with Crippen LogP contribution >= 0.6 is 11.6 Å². The van der Waals surface area contributed by atoms with Crippen molar-refractivity contribution in [1.82, 2.24) is 4.98 Å². The van der Waals surface area contributed by atoms with Gasteiger partial charge >= 0.3 is 6.18 Å². The van der Waals surface area contributed by atoms with Crippen molar-refractivity contribution in [2.45, 2.75) is 6.18 Å². The van der Waals surface area contributed by atoms with Crippen LogP contribution in [0, 0.1) is 0 Å². The van der Waals surface area contributed by atoms with E-state index in [0.717, 1.165) is 12.1 Å². The Balaban J connectivity index is 1.93. The highest BCUT2D eigenvalue weighted by atomic mass is 35.5. The molecular formula is C17H10ClF3N2O2. The van der Waals surface area contributed by atoms with Crippen molar-refractivity contribution in [3.8, 4) is 0 Å². The van der Waals surface area contributed by atoms with E-state index >= 15 is 0 Å². The van der Waals surface area contributed by atoms with Gasteiger partial charge in [-0.3, -0.25) is 9.59 Å². The van der Waals surface area contributed by atoms with Crippen LogP contribution in [0.25, 0.3) is 10.9 Å². The third-order valence-electron chi connectivity index (χ3n) is 3.58. The summed E-state index contributed by atoms with van der Waals surface area (Å²) in [5.74, 6) is -0.770. The Morgan fingerprint density at radius 3 is 2.52 bits per heavy atom. The number of hydrogen-bond acceptors (Lipinski definition) is 2. The first-order chi connectivity index (χ1) is 11.8. The first kappa shape index (κ1) is 17.0. The SMILES string of the molecule is O=C(Nc1ccc(C(F)(F)F)cc1Cl)c1c[nH]c2ccccc2c1=O. The predicted molar refractivity (Wildman–Crippen MR) is 89.0 cm³/mol. The van der Waals surface area contributed by atoms with Gasteiger partial charge in [0.1, 0.15) is 5.56 Å². The van der Waals surface area contributed by atoms with Gasteiger partial charge in [0.05, 0.1) is 16.3 Å². The van der Waals surface area contributed by atoms with Crippen molar-refractivity contribution in [2.24, 2.45) is 0 Å². The third kappa shape index (κ3) is 3.36. The van der Waals surface area contributed by atoms with Crippen LogP contribution in [-0.4, -0.2) is 10.9 Å². The number of aromatic amines is 1. The lowest BCUT2D eigenvalue weighted by Crippen LogP contribution is -2.22. The Kier molecular flexibility index (Phi) is 4.26. The van der Waals surface area contributed by atoms with E-state index in [2.05, 4.69) is 10.3 Å². The van der Waals surface area contributed by atoms with E-state index < -0.39 is 23.1 Å². The number of amides is 1. The highest BCUT2D eigenvalue weighted by Crippen LogP contribution is 2.33. The van der Waals surface area contributed by atoms with Gasteiger partial charge in [-0.25, -0.2) is 0 Å². The molecule has 0 bridgehead atoms. The van der Waals surface area contributed by atoms with Crippen molar-refractivity contribution >= 4 is 34.1 Å². The zero-order valence-corrected chi connectivity index (χ0v) is 13.2. The molecule has 8 heteroatoms. The van der Waals surface area contributed by atoms with Gasteiger partial charge in [0.15, 0.2) is 0 Å². The van der Waals surface area contributed by atoms with Crippen LogP contribution in [0.3, 0.4) is 0 Å². The Morgan fingerprint density at radius 2 is 1.84 bits per heavy atom. The number of aromatic nitrogens is 1. The molecule has 0 saturated heterocycles. The molecule has 0 spiro atoms. The molecule has 25 heavy (non-hydrogen) atoms. The number of benzene rings is 2. The summed E-state index contributed by atoms with van der Waals surface area (Å²) in [6.45, 7) is 0. The van der Waals surface area contributed by atoms with Crippen molar-refractivity contribution in [3.05, 3.63) is 75.0 Å². The summed E-state index contributed by atoms with van der Waals surface area (Å²) >= 11 is 5.80. The van der Waals surface area contributed by atoms with Crippen molar-refractivity contribution in [2.75, 3.05) is 5.32 Å². The van der Waals surface area contributed by atoms with Gasteiger partial charge in [-0.2, -0.15) is 13.2 Å². The summed E-state index contributed by atoms with van der Waals surface area (Å²) in [7, 11) is 0. The Hall–Kier alpha value is -2.80. The maximum absolute atomic E-state index is 12.6. The second-order valence-corrected chi connectivity index (χ2v) is 5.63. The van der Waals surface area contributed by atoms with Crippen molar-refractivity contribution in [3.63, 3.8) is 0 Å². The maximum Gasteiger partial charge on any atom is 0.416 e. The number of pyridine rings is 1. The molecule has 0 fully saturated rings. The van der Waals surface area contributed by atoms with Gasteiger partial charge in [-0.05, 0) is 30.3 Å². The molecule has 3 aromatic rings. The molecule has 3 rings (SSSR count). The monoisotopic (exact) mass is 366 g/mol. The van der Waals surface area contributed by atoms with Crippen LogP contribution in [-0.2, 0) is 6.18 Å². The molecule has 2 aromatic carbocycles. The highest BCUT2D eigenvalue weighted by molar-refractivity contribution is 6.34. The van der Waals surface area contributed by atoms with Crippen molar-refractivity contribution < 1.29 is 18.0 Å². The molecular weight excluding hydrogens is 357 g/mol. The van der Waals surface area contributed by atoms with E-state index in [-0.39, 0.29) is 16.3 Å². The molecule has 1 heterocycles. The van der Waals surface area contributed by atoms with Gasteiger partial charge in [0.2, 0.25) is 5.43 Å². The number of para-hydroxylation sites is 1. The van der Waals surface area contributed by atoms with E-state index in [1.165, 1.54) is 6.20 Å². The molecule has 0 radical (unpaired) electrons. The van der Waals surface area contributed by atoms with Crippen molar-refractivity contribution in [1.29, 1.82) is 0 Å². The fraction of sp³-hybridized carbons (Fsp3) is 0.0588. The predicted octanol–water partition coefficient (Wildman–Crippen LogP) is 4.45. The van der Waals surface area contributed by atoms with Gasteiger partial charge in [0, 0.05) is 17.1 Å². The number of rotatable bonds is 2. The molecule has 0 aliphatic heterocycles. The van der Waals surface area contributed by atoms with E-state index in [0.29, 0.717) is 17.0 Å². The zero-order valence-electron chi connectivity index (χ0n) is 12.4. The zero-order chi connectivity index (χ0) is 18.2. The smallest absolute Gasteiger partial charge is 0.360 e. The van der Waals surface area contributed by atoms with E-state index in [1.807, 2.05) is 0 Å². The molecule has 0 saturated carbocycles. The molecule has 2 N–H and O–H groups in total. The number of nitrogens with one attached hydrogen (secondary N) is 2. The topological polar surface area (TPSA) is 62.0 Å². The van der Waals surface area contributed by atoms with Crippen LogP contribution < -0.4 is 10.7 Å². The third-order valence-corrected chi connectivity index (χ3v) is 3.89. The number of H-pyrrole nitrogens is 1. The Bertz CT molecular complexity index is 1030. The lowest BCUT2D eigenvalue weighted by Gasteiger charge is -2.11. The minimum Gasteiger partial charge on any atom is -0.360 e. The van der Waals surface area contributed by atoms with Crippen LogP contribution in [0.1, 0.15) is 15.9 Å². The molecule has 1 aromatic heterocycles. The Morgan fingerprint density at radius 1 is 1.12 bits per heavy atom. The molecule has 0 atom stereocenters. The molecule has 4 nitrogen and oxygen atoms in total. The summed E-state index contributed by atoms with van der Waals surface area (Å²) in [5.41, 5.74) is -1.05. The maximum atomic E-state index is 12.6. The number of fused-ring (bicyclic) bond motifs is 1. The quantitative estimate of drug-likeness (QED) is 0.703. The summed E-state index contributed by atoms with van der Waals surface area (Å²) in [4.78, 5) is 27.5. The number of alkyl halides is 3. The summed E-state index contributed by atoms with van der Waals surface area (Å²) in [6, 6.07) is 9.19. The summed E-state index contributed by atoms with van der Waals surface area (Å²) in [5, 5.41) is 2.40. The van der Waals surface area contributed by atoms with Gasteiger partial charge in [0.25, 0.3) is 5.91 Å². The largest absolute Gasteiger partial charge is 0.416 e. The normalized spacial score (nSPS) is 11.5. The number of anilines is 1. The Labute approximate surface area is 144 Å². The second-order valence-electron chi connectivity index (χ2n) is 5.22. The molecule has 0 aliphatic rings. The minimum absolute atomic E-state index is 0.0211.